The summed E-state index contributed by atoms with van der Waals surface area (Å²) >= 11 is 0. The average Bonchev–Trinajstić information content (AvgIpc) is 2.64. The standard InChI is InChI=1S/C21H32N2O2/c1-3-16(2)15-25-21(24)13-8-17-6-11-20(12-7-17)23-14-18-4-9-19(22)10-5-18/h6-8,11-13,16,18-19,23H,3-5,9-10,14-15,22H2,1-2H3/b13-8+. The van der Waals surface area contributed by atoms with Crippen LogP contribution in [-0.4, -0.2) is 25.2 Å². The lowest BCUT2D eigenvalue weighted by atomic mass is 9.86. The van der Waals surface area contributed by atoms with Crippen molar-refractivity contribution >= 4 is 17.7 Å². The van der Waals surface area contributed by atoms with Gasteiger partial charge < -0.3 is 15.8 Å². The summed E-state index contributed by atoms with van der Waals surface area (Å²) in [4.78, 5) is 11.7. The monoisotopic (exact) mass is 344 g/mol. The Morgan fingerprint density at radius 3 is 2.60 bits per heavy atom. The SMILES string of the molecule is CCC(C)COC(=O)/C=C/c1ccc(NCC2CCC(N)CC2)cc1. The first-order chi connectivity index (χ1) is 12.1. The number of nitrogens with two attached hydrogens (primary N) is 1. The third-order valence-corrected chi connectivity index (χ3v) is 5.02. The minimum atomic E-state index is -0.280. The van der Waals surface area contributed by atoms with E-state index in [1.165, 1.54) is 18.9 Å². The molecular weight excluding hydrogens is 312 g/mol. The van der Waals surface area contributed by atoms with Gasteiger partial charge in [0.25, 0.3) is 0 Å². The lowest BCUT2D eigenvalue weighted by molar-refractivity contribution is -0.138. The van der Waals surface area contributed by atoms with Crippen LogP contribution in [0.5, 0.6) is 0 Å². The van der Waals surface area contributed by atoms with Crippen LogP contribution in [0.4, 0.5) is 5.69 Å². The predicted octanol–water partition coefficient (Wildman–Crippen LogP) is 4.22. The molecule has 1 atom stereocenters. The van der Waals surface area contributed by atoms with Crippen molar-refractivity contribution in [3.8, 4) is 0 Å². The highest BCUT2D eigenvalue weighted by molar-refractivity contribution is 5.87. The molecule has 1 aromatic rings. The summed E-state index contributed by atoms with van der Waals surface area (Å²) < 4.78 is 5.21. The van der Waals surface area contributed by atoms with Crippen molar-refractivity contribution in [3.05, 3.63) is 35.9 Å². The van der Waals surface area contributed by atoms with Gasteiger partial charge in [0.2, 0.25) is 0 Å². The van der Waals surface area contributed by atoms with Gasteiger partial charge in [-0.1, -0.05) is 32.4 Å². The number of esters is 1. The van der Waals surface area contributed by atoms with E-state index in [1.807, 2.05) is 12.1 Å². The molecule has 1 unspecified atom stereocenters. The number of carbonyl (C=O) groups is 1. The Kier molecular flexibility index (Phi) is 7.99. The van der Waals surface area contributed by atoms with Crippen molar-refractivity contribution in [2.75, 3.05) is 18.5 Å². The zero-order valence-electron chi connectivity index (χ0n) is 15.5. The molecule has 0 heterocycles. The van der Waals surface area contributed by atoms with Crippen LogP contribution in [-0.2, 0) is 9.53 Å². The Bertz CT molecular complexity index is 546. The summed E-state index contributed by atoms with van der Waals surface area (Å²) in [7, 11) is 0. The molecule has 1 aliphatic rings. The fraction of sp³-hybridized carbons (Fsp3) is 0.571. The Balaban J connectivity index is 1.73. The van der Waals surface area contributed by atoms with Gasteiger partial charge in [-0.05, 0) is 61.3 Å². The molecule has 0 amide bonds. The summed E-state index contributed by atoms with van der Waals surface area (Å²) in [6, 6.07) is 8.53. The highest BCUT2D eigenvalue weighted by Gasteiger charge is 2.17. The average molecular weight is 344 g/mol. The summed E-state index contributed by atoms with van der Waals surface area (Å²) in [5, 5.41) is 3.50. The van der Waals surface area contributed by atoms with E-state index in [0.717, 1.165) is 43.0 Å². The van der Waals surface area contributed by atoms with E-state index >= 15 is 0 Å². The van der Waals surface area contributed by atoms with Crippen molar-refractivity contribution < 1.29 is 9.53 Å². The van der Waals surface area contributed by atoms with Gasteiger partial charge >= 0.3 is 5.97 Å². The number of rotatable bonds is 8. The van der Waals surface area contributed by atoms with Crippen molar-refractivity contribution in [1.82, 2.24) is 0 Å². The molecule has 0 bridgehead atoms. The molecule has 0 radical (unpaired) electrons. The van der Waals surface area contributed by atoms with Crippen LogP contribution in [0.25, 0.3) is 6.08 Å². The van der Waals surface area contributed by atoms with Gasteiger partial charge in [0.05, 0.1) is 6.61 Å². The van der Waals surface area contributed by atoms with E-state index in [9.17, 15) is 4.79 Å². The van der Waals surface area contributed by atoms with E-state index < -0.39 is 0 Å². The quantitative estimate of drug-likeness (QED) is 0.547. The molecule has 1 aliphatic carbocycles. The number of carbonyl (C=O) groups excluding carboxylic acids is 1. The highest BCUT2D eigenvalue weighted by atomic mass is 16.5. The van der Waals surface area contributed by atoms with E-state index in [4.69, 9.17) is 10.5 Å². The smallest absolute Gasteiger partial charge is 0.330 e. The van der Waals surface area contributed by atoms with Crippen LogP contribution in [0.1, 0.15) is 51.5 Å². The minimum Gasteiger partial charge on any atom is -0.462 e. The fourth-order valence-electron chi connectivity index (χ4n) is 2.92. The second kappa shape index (κ2) is 10.2. The highest BCUT2D eigenvalue weighted by Crippen LogP contribution is 2.23. The van der Waals surface area contributed by atoms with E-state index in [0.29, 0.717) is 18.6 Å². The summed E-state index contributed by atoms with van der Waals surface area (Å²) in [5.41, 5.74) is 8.06. The maximum Gasteiger partial charge on any atom is 0.330 e. The van der Waals surface area contributed by atoms with Gasteiger partial charge in [0, 0.05) is 24.4 Å². The first kappa shape index (κ1) is 19.5. The van der Waals surface area contributed by atoms with E-state index in [-0.39, 0.29) is 5.97 Å². The maximum atomic E-state index is 11.7. The molecule has 25 heavy (non-hydrogen) atoms. The molecule has 0 aromatic heterocycles. The molecule has 0 aliphatic heterocycles. The summed E-state index contributed by atoms with van der Waals surface area (Å²) in [5.74, 6) is 0.847. The largest absolute Gasteiger partial charge is 0.462 e. The maximum absolute atomic E-state index is 11.7. The van der Waals surface area contributed by atoms with E-state index in [1.54, 1.807) is 6.08 Å². The molecule has 4 nitrogen and oxygen atoms in total. The number of hydrogen-bond acceptors (Lipinski definition) is 4. The molecule has 1 fully saturated rings. The molecule has 0 saturated heterocycles. The second-order valence-corrected chi connectivity index (χ2v) is 7.26. The predicted molar refractivity (Wildman–Crippen MR) is 104 cm³/mol. The van der Waals surface area contributed by atoms with E-state index in [2.05, 4.69) is 31.3 Å². The summed E-state index contributed by atoms with van der Waals surface area (Å²) in [6.45, 7) is 5.65. The number of ether oxygens (including phenoxy) is 1. The minimum absolute atomic E-state index is 0.280. The number of nitrogens with one attached hydrogen (secondary N) is 1. The van der Waals surface area contributed by atoms with Gasteiger partial charge in [-0.3, -0.25) is 0 Å². The lowest BCUT2D eigenvalue weighted by Crippen LogP contribution is -2.29. The third-order valence-electron chi connectivity index (χ3n) is 5.02. The Morgan fingerprint density at radius 2 is 1.96 bits per heavy atom. The topological polar surface area (TPSA) is 64.3 Å². The molecular formula is C21H32N2O2. The Hall–Kier alpha value is -1.81. The normalized spacial score (nSPS) is 21.9. The van der Waals surface area contributed by atoms with Crippen molar-refractivity contribution in [1.29, 1.82) is 0 Å². The molecule has 1 aromatic carbocycles. The zero-order chi connectivity index (χ0) is 18.1. The summed E-state index contributed by atoms with van der Waals surface area (Å²) in [6.07, 6.45) is 9.02. The van der Waals surface area contributed by atoms with Crippen molar-refractivity contribution in [2.24, 2.45) is 17.6 Å². The molecule has 4 heteroatoms. The van der Waals surface area contributed by atoms with Gasteiger partial charge in [-0.25, -0.2) is 4.79 Å². The molecule has 0 spiro atoms. The lowest BCUT2D eigenvalue weighted by Gasteiger charge is -2.26. The van der Waals surface area contributed by atoms with Gasteiger partial charge in [-0.2, -0.15) is 0 Å². The van der Waals surface area contributed by atoms with Gasteiger partial charge in [-0.15, -0.1) is 0 Å². The first-order valence-electron chi connectivity index (χ1n) is 9.51. The van der Waals surface area contributed by atoms with Crippen LogP contribution >= 0.6 is 0 Å². The van der Waals surface area contributed by atoms with Crippen LogP contribution in [0.3, 0.4) is 0 Å². The molecule has 138 valence electrons. The van der Waals surface area contributed by atoms with Crippen LogP contribution in [0.2, 0.25) is 0 Å². The van der Waals surface area contributed by atoms with Crippen LogP contribution in [0, 0.1) is 11.8 Å². The fourth-order valence-corrected chi connectivity index (χ4v) is 2.92. The first-order valence-corrected chi connectivity index (χ1v) is 9.51. The third kappa shape index (κ3) is 7.30. The Morgan fingerprint density at radius 1 is 1.28 bits per heavy atom. The number of hydrogen-bond donors (Lipinski definition) is 2. The molecule has 3 N–H and O–H groups in total. The van der Waals surface area contributed by atoms with Gasteiger partial charge in [0.1, 0.15) is 0 Å². The second-order valence-electron chi connectivity index (χ2n) is 7.26. The molecule has 2 rings (SSSR count). The Labute approximate surface area is 151 Å². The zero-order valence-corrected chi connectivity index (χ0v) is 15.5. The van der Waals surface area contributed by atoms with Crippen LogP contribution < -0.4 is 11.1 Å². The van der Waals surface area contributed by atoms with Crippen molar-refractivity contribution in [2.45, 2.75) is 52.0 Å². The number of benzene rings is 1. The van der Waals surface area contributed by atoms with Crippen molar-refractivity contribution in [3.63, 3.8) is 0 Å². The van der Waals surface area contributed by atoms with Crippen LogP contribution in [0.15, 0.2) is 30.3 Å². The molecule has 1 saturated carbocycles. The number of anilines is 1. The van der Waals surface area contributed by atoms with Gasteiger partial charge in [0.15, 0.2) is 0 Å².